The minimum Gasteiger partial charge on any atom is -0.457 e. The lowest BCUT2D eigenvalue weighted by atomic mass is 9.99. The lowest BCUT2D eigenvalue weighted by Crippen LogP contribution is -2.60. The molecule has 1 fully saturated rings. The maximum Gasteiger partial charge on any atom is 0.397 e. The third kappa shape index (κ3) is 31.8. The smallest absolute Gasteiger partial charge is 0.397 e. The molecule has 12 nitrogen and oxygen atoms in total. The highest BCUT2D eigenvalue weighted by Crippen LogP contribution is 2.26. The van der Waals surface area contributed by atoms with Gasteiger partial charge in [-0.05, 0) is 51.4 Å². The molecule has 1 rings (SSSR count). The Hall–Kier alpha value is -1.68. The number of hydrogen-bond acceptors (Lipinski definition) is 11. The lowest BCUT2D eigenvalue weighted by molar-refractivity contribution is -0.301. The number of rotatable bonds is 40. The molecule has 0 aromatic carbocycles. The van der Waals surface area contributed by atoms with Crippen LogP contribution in [0.2, 0.25) is 0 Å². The third-order valence-electron chi connectivity index (χ3n) is 10.5. The molecule has 6 atom stereocenters. The van der Waals surface area contributed by atoms with Crippen molar-refractivity contribution in [1.29, 1.82) is 0 Å². The molecular formula is C46H84O12S. The third-order valence-corrected chi connectivity index (χ3v) is 11.0. The van der Waals surface area contributed by atoms with Gasteiger partial charge in [-0.2, -0.15) is 8.42 Å². The molecule has 0 radical (unpaired) electrons. The minimum atomic E-state index is -5.06. The van der Waals surface area contributed by atoms with E-state index in [1.165, 1.54) is 103 Å². The van der Waals surface area contributed by atoms with E-state index in [0.717, 1.165) is 57.8 Å². The summed E-state index contributed by atoms with van der Waals surface area (Å²) in [6, 6.07) is 0. The summed E-state index contributed by atoms with van der Waals surface area (Å²) in [5, 5.41) is 30.6. The number of esters is 1. The summed E-state index contributed by atoms with van der Waals surface area (Å²) in [6.45, 7) is 3.94. The van der Waals surface area contributed by atoms with E-state index in [1.54, 1.807) is 0 Å². The second-order valence-electron chi connectivity index (χ2n) is 16.0. The number of carbonyl (C=O) groups excluding carboxylic acids is 1. The number of unbranched alkanes of at least 4 members (excludes halogenated alkanes) is 21. The van der Waals surface area contributed by atoms with Crippen molar-refractivity contribution in [3.05, 3.63) is 36.5 Å². The van der Waals surface area contributed by atoms with Gasteiger partial charge < -0.3 is 34.3 Å². The van der Waals surface area contributed by atoms with Crippen molar-refractivity contribution in [2.45, 2.75) is 224 Å². The summed E-state index contributed by atoms with van der Waals surface area (Å²) in [4.78, 5) is 12.8. The number of allylic oxidation sites excluding steroid dienone is 6. The molecule has 13 heteroatoms. The Balaban J connectivity index is 2.40. The average Bonchev–Trinajstić information content (AvgIpc) is 3.20. The standard InChI is InChI=1S/C46H84O12S/c1-3-5-7-9-11-13-15-17-18-19-20-21-22-23-24-26-28-30-32-34-36-54-38-40(56-42(48)35-33-31-29-27-25-16-14-12-10-8-6-4-2)39-55-46-44(50)45(58-59(51,52)53)43(49)41(37-47)57-46/h11,13,17-18,20-21,40-41,43-47,49-50H,3-10,12,14-16,19,22-39H2,1-2H3,(H,51,52,53)/b13-11-,18-17-,21-20-. The van der Waals surface area contributed by atoms with Gasteiger partial charge in [-0.15, -0.1) is 0 Å². The molecule has 0 saturated carbocycles. The van der Waals surface area contributed by atoms with Gasteiger partial charge in [-0.25, -0.2) is 4.18 Å². The van der Waals surface area contributed by atoms with Gasteiger partial charge >= 0.3 is 16.4 Å². The fourth-order valence-electron chi connectivity index (χ4n) is 6.97. The van der Waals surface area contributed by atoms with Gasteiger partial charge in [0.05, 0.1) is 19.8 Å². The summed E-state index contributed by atoms with van der Waals surface area (Å²) < 4.78 is 59.0. The van der Waals surface area contributed by atoms with E-state index < -0.39 is 59.8 Å². The monoisotopic (exact) mass is 861 g/mol. The Kier molecular flexibility index (Phi) is 35.7. The first kappa shape index (κ1) is 55.3. The van der Waals surface area contributed by atoms with Gasteiger partial charge in [-0.1, -0.05) is 166 Å². The van der Waals surface area contributed by atoms with Crippen LogP contribution < -0.4 is 0 Å². The quantitative estimate of drug-likeness (QED) is 0.0199. The fourth-order valence-corrected chi connectivity index (χ4v) is 7.48. The van der Waals surface area contributed by atoms with Crippen LogP contribution in [0.4, 0.5) is 0 Å². The molecule has 0 aromatic heterocycles. The molecule has 6 unspecified atom stereocenters. The fraction of sp³-hybridized carbons (Fsp3) is 0.848. The van der Waals surface area contributed by atoms with Crippen LogP contribution in [0.5, 0.6) is 0 Å². The van der Waals surface area contributed by atoms with Gasteiger partial charge in [0, 0.05) is 13.0 Å². The Morgan fingerprint density at radius 1 is 0.644 bits per heavy atom. The van der Waals surface area contributed by atoms with Crippen molar-refractivity contribution < 1.29 is 56.2 Å². The maximum atomic E-state index is 12.8. The van der Waals surface area contributed by atoms with Crippen LogP contribution in [0.1, 0.15) is 187 Å². The summed E-state index contributed by atoms with van der Waals surface area (Å²) >= 11 is 0. The van der Waals surface area contributed by atoms with Crippen molar-refractivity contribution >= 4 is 16.4 Å². The summed E-state index contributed by atoms with van der Waals surface area (Å²) in [5.74, 6) is -0.403. The van der Waals surface area contributed by atoms with Gasteiger partial charge in [0.25, 0.3) is 0 Å². The van der Waals surface area contributed by atoms with E-state index in [1.807, 2.05) is 0 Å². The summed E-state index contributed by atoms with van der Waals surface area (Å²) in [6.07, 6.45) is 34.6. The largest absolute Gasteiger partial charge is 0.457 e. The Labute approximate surface area is 358 Å². The van der Waals surface area contributed by atoms with Crippen molar-refractivity contribution in [1.82, 2.24) is 0 Å². The number of aliphatic hydroxyl groups excluding tert-OH is 3. The number of ether oxygens (including phenoxy) is 4. The number of aliphatic hydroxyl groups is 3. The summed E-state index contributed by atoms with van der Waals surface area (Å²) in [7, 11) is -5.06. The lowest BCUT2D eigenvalue weighted by Gasteiger charge is -2.41. The molecule has 1 heterocycles. The molecular weight excluding hydrogens is 777 g/mol. The molecule has 1 aliphatic rings. The second kappa shape index (κ2) is 38.0. The highest BCUT2D eigenvalue weighted by atomic mass is 32.3. The van der Waals surface area contributed by atoms with Crippen LogP contribution in [-0.2, 0) is 38.3 Å². The average molecular weight is 861 g/mol. The predicted molar refractivity (Wildman–Crippen MR) is 234 cm³/mol. The molecule has 1 aliphatic heterocycles. The van der Waals surface area contributed by atoms with Crippen LogP contribution in [0.25, 0.3) is 0 Å². The Bertz CT molecular complexity index is 1180. The molecule has 346 valence electrons. The molecule has 0 aliphatic carbocycles. The first-order chi connectivity index (χ1) is 28.6. The van der Waals surface area contributed by atoms with E-state index >= 15 is 0 Å². The predicted octanol–water partition coefficient (Wildman–Crippen LogP) is 9.80. The number of hydrogen-bond donors (Lipinski definition) is 4. The van der Waals surface area contributed by atoms with Gasteiger partial charge in [0.2, 0.25) is 0 Å². The van der Waals surface area contributed by atoms with Crippen LogP contribution in [0.3, 0.4) is 0 Å². The first-order valence-corrected chi connectivity index (χ1v) is 24.6. The van der Waals surface area contributed by atoms with E-state index in [0.29, 0.717) is 13.0 Å². The van der Waals surface area contributed by atoms with E-state index in [-0.39, 0.29) is 19.6 Å². The SMILES string of the molecule is CCCCC/C=C\C/C=C\C/C=C\CCCCCCCCCOCC(COC1OC(CO)C(O)C(OS(=O)(=O)O)C1O)OC(=O)CCCCCCCCCCCCCC. The molecule has 0 amide bonds. The topological polar surface area (TPSA) is 178 Å². The molecule has 0 aromatic rings. The van der Waals surface area contributed by atoms with Crippen LogP contribution >= 0.6 is 0 Å². The van der Waals surface area contributed by atoms with Gasteiger partial charge in [-0.3, -0.25) is 9.35 Å². The van der Waals surface area contributed by atoms with E-state index in [2.05, 4.69) is 54.5 Å². The maximum absolute atomic E-state index is 12.8. The van der Waals surface area contributed by atoms with E-state index in [4.69, 9.17) is 23.5 Å². The normalized spacial score (nSPS) is 20.7. The summed E-state index contributed by atoms with van der Waals surface area (Å²) in [5.41, 5.74) is 0. The molecule has 0 spiro atoms. The zero-order chi connectivity index (χ0) is 43.2. The van der Waals surface area contributed by atoms with Crippen molar-refractivity contribution in [3.63, 3.8) is 0 Å². The molecule has 4 N–H and O–H groups in total. The molecule has 1 saturated heterocycles. The van der Waals surface area contributed by atoms with Crippen LogP contribution in [-0.4, -0.2) is 97.5 Å². The molecule has 0 bridgehead atoms. The van der Waals surface area contributed by atoms with Crippen molar-refractivity contribution in [3.8, 4) is 0 Å². The van der Waals surface area contributed by atoms with Gasteiger partial charge in [0.1, 0.15) is 30.5 Å². The molecule has 59 heavy (non-hydrogen) atoms. The first-order valence-electron chi connectivity index (χ1n) is 23.2. The van der Waals surface area contributed by atoms with Crippen LogP contribution in [0, 0.1) is 0 Å². The zero-order valence-electron chi connectivity index (χ0n) is 36.8. The van der Waals surface area contributed by atoms with Crippen molar-refractivity contribution in [2.75, 3.05) is 26.4 Å². The van der Waals surface area contributed by atoms with Crippen LogP contribution in [0.15, 0.2) is 36.5 Å². The Morgan fingerprint density at radius 3 is 1.66 bits per heavy atom. The number of carbonyl (C=O) groups is 1. The highest BCUT2D eigenvalue weighted by Gasteiger charge is 2.48. The van der Waals surface area contributed by atoms with E-state index in [9.17, 15) is 28.5 Å². The Morgan fingerprint density at radius 2 is 1.12 bits per heavy atom. The van der Waals surface area contributed by atoms with Crippen molar-refractivity contribution in [2.24, 2.45) is 0 Å². The van der Waals surface area contributed by atoms with Gasteiger partial charge in [0.15, 0.2) is 6.29 Å². The zero-order valence-corrected chi connectivity index (χ0v) is 37.6. The second-order valence-corrected chi connectivity index (χ2v) is 17.0. The highest BCUT2D eigenvalue weighted by molar-refractivity contribution is 7.80. The minimum absolute atomic E-state index is 0.0312.